The molecule has 0 aromatic carbocycles. The normalized spacial score (nSPS) is 21.6. The fourth-order valence-electron chi connectivity index (χ4n) is 1.92. The molecule has 2 rings (SSSR count). The zero-order chi connectivity index (χ0) is 10.1. The van der Waals surface area contributed by atoms with Crippen LogP contribution in [0, 0.1) is 12.8 Å². The summed E-state index contributed by atoms with van der Waals surface area (Å²) in [6, 6.07) is 0. The number of aromatic amines is 1. The molecule has 1 fully saturated rings. The van der Waals surface area contributed by atoms with Crippen LogP contribution in [-0.4, -0.2) is 23.3 Å². The number of nitrogens with zero attached hydrogens (tertiary/aromatic N) is 2. The molecule has 1 unspecified atom stereocenters. The smallest absolute Gasteiger partial charge is 0.269 e. The van der Waals surface area contributed by atoms with E-state index in [1.165, 1.54) is 6.42 Å². The lowest BCUT2D eigenvalue weighted by molar-refractivity contribution is 0.659. The molecule has 0 aliphatic carbocycles. The van der Waals surface area contributed by atoms with Gasteiger partial charge in [-0.25, -0.2) is 5.10 Å². The molecule has 1 N–H and O–H groups in total. The Kier molecular flexibility index (Phi) is 2.27. The second kappa shape index (κ2) is 3.44. The summed E-state index contributed by atoms with van der Waals surface area (Å²) in [5, 5.41) is 6.28. The first kappa shape index (κ1) is 9.24. The van der Waals surface area contributed by atoms with Crippen LogP contribution in [-0.2, 0) is 0 Å². The summed E-state index contributed by atoms with van der Waals surface area (Å²) in [6.45, 7) is 6.15. The zero-order valence-corrected chi connectivity index (χ0v) is 8.58. The third kappa shape index (κ3) is 1.52. The van der Waals surface area contributed by atoms with Gasteiger partial charge in [0, 0.05) is 18.7 Å². The van der Waals surface area contributed by atoms with Gasteiger partial charge in [0.1, 0.15) is 0 Å². The van der Waals surface area contributed by atoms with E-state index in [1.54, 1.807) is 6.20 Å². The maximum Gasteiger partial charge on any atom is 0.269 e. The van der Waals surface area contributed by atoms with E-state index in [0.717, 1.165) is 24.3 Å². The van der Waals surface area contributed by atoms with Gasteiger partial charge in [-0.3, -0.25) is 4.79 Å². The van der Waals surface area contributed by atoms with Crippen LogP contribution in [0.25, 0.3) is 0 Å². The van der Waals surface area contributed by atoms with E-state index in [-0.39, 0.29) is 5.56 Å². The number of hydrogen-bond acceptors (Lipinski definition) is 3. The summed E-state index contributed by atoms with van der Waals surface area (Å²) in [5.74, 6) is 0.716. The predicted octanol–water partition coefficient (Wildman–Crippen LogP) is 0.925. The lowest BCUT2D eigenvalue weighted by Crippen LogP contribution is -2.24. The maximum absolute atomic E-state index is 11.3. The molecule has 1 aromatic heterocycles. The van der Waals surface area contributed by atoms with Crippen molar-refractivity contribution < 1.29 is 0 Å². The van der Waals surface area contributed by atoms with Crippen molar-refractivity contribution in [3.63, 3.8) is 0 Å². The predicted molar refractivity (Wildman–Crippen MR) is 55.6 cm³/mol. The fraction of sp³-hybridized carbons (Fsp3) is 0.600. The molecule has 4 nitrogen and oxygen atoms in total. The van der Waals surface area contributed by atoms with Crippen LogP contribution >= 0.6 is 0 Å². The molecule has 1 aromatic rings. The molecule has 2 heterocycles. The van der Waals surface area contributed by atoms with Gasteiger partial charge in [0.15, 0.2) is 0 Å². The van der Waals surface area contributed by atoms with Gasteiger partial charge in [0.2, 0.25) is 0 Å². The Bertz CT molecular complexity index is 385. The van der Waals surface area contributed by atoms with Crippen molar-refractivity contribution in [2.75, 3.05) is 18.0 Å². The van der Waals surface area contributed by atoms with Crippen molar-refractivity contribution in [1.29, 1.82) is 0 Å². The molecule has 1 atom stereocenters. The minimum absolute atomic E-state index is 0.0814. The molecule has 0 bridgehead atoms. The summed E-state index contributed by atoms with van der Waals surface area (Å²) in [4.78, 5) is 13.6. The number of hydrogen-bond donors (Lipinski definition) is 1. The van der Waals surface area contributed by atoms with Gasteiger partial charge in [-0.2, -0.15) is 5.10 Å². The summed E-state index contributed by atoms with van der Waals surface area (Å²) in [7, 11) is 0. The largest absolute Gasteiger partial charge is 0.370 e. The number of aromatic nitrogens is 2. The van der Waals surface area contributed by atoms with E-state index >= 15 is 0 Å². The first-order chi connectivity index (χ1) is 6.68. The zero-order valence-electron chi connectivity index (χ0n) is 8.58. The van der Waals surface area contributed by atoms with Gasteiger partial charge in [0.25, 0.3) is 5.56 Å². The molecule has 1 aliphatic rings. The van der Waals surface area contributed by atoms with Crippen LogP contribution in [0.5, 0.6) is 0 Å². The minimum Gasteiger partial charge on any atom is -0.370 e. The van der Waals surface area contributed by atoms with Gasteiger partial charge in [-0.15, -0.1) is 0 Å². The molecule has 0 spiro atoms. The van der Waals surface area contributed by atoms with Crippen molar-refractivity contribution in [2.45, 2.75) is 20.3 Å². The van der Waals surface area contributed by atoms with E-state index in [2.05, 4.69) is 22.0 Å². The first-order valence-electron chi connectivity index (χ1n) is 4.97. The average Bonchev–Trinajstić information content (AvgIpc) is 2.57. The maximum atomic E-state index is 11.3. The Morgan fingerprint density at radius 2 is 2.43 bits per heavy atom. The second-order valence-corrected chi connectivity index (χ2v) is 4.05. The van der Waals surface area contributed by atoms with E-state index in [1.807, 2.05) is 6.92 Å². The number of nitrogens with one attached hydrogen (secondary N) is 1. The third-order valence-corrected chi connectivity index (χ3v) is 2.84. The van der Waals surface area contributed by atoms with Crippen molar-refractivity contribution in [3.8, 4) is 0 Å². The molecule has 76 valence electrons. The molecular weight excluding hydrogens is 178 g/mol. The highest BCUT2D eigenvalue weighted by Gasteiger charge is 2.20. The summed E-state index contributed by atoms with van der Waals surface area (Å²) in [6.07, 6.45) is 2.95. The quantitative estimate of drug-likeness (QED) is 0.721. The Morgan fingerprint density at radius 1 is 1.64 bits per heavy atom. The summed E-state index contributed by atoms with van der Waals surface area (Å²) < 4.78 is 0. The third-order valence-electron chi connectivity index (χ3n) is 2.84. The second-order valence-electron chi connectivity index (χ2n) is 4.05. The first-order valence-corrected chi connectivity index (χ1v) is 4.97. The summed E-state index contributed by atoms with van der Waals surface area (Å²) >= 11 is 0. The molecule has 14 heavy (non-hydrogen) atoms. The molecule has 4 heteroatoms. The Labute approximate surface area is 82.9 Å². The average molecular weight is 193 g/mol. The Balaban J connectivity index is 2.33. The van der Waals surface area contributed by atoms with Crippen molar-refractivity contribution in [2.24, 2.45) is 5.92 Å². The molecular formula is C10H15N3O. The lowest BCUT2D eigenvalue weighted by Gasteiger charge is -2.18. The van der Waals surface area contributed by atoms with Gasteiger partial charge in [-0.05, 0) is 19.3 Å². The lowest BCUT2D eigenvalue weighted by atomic mass is 10.2. The van der Waals surface area contributed by atoms with Gasteiger partial charge < -0.3 is 4.90 Å². The highest BCUT2D eigenvalue weighted by molar-refractivity contribution is 5.50. The van der Waals surface area contributed by atoms with Gasteiger partial charge >= 0.3 is 0 Å². The van der Waals surface area contributed by atoms with Crippen molar-refractivity contribution >= 4 is 5.69 Å². The fourth-order valence-corrected chi connectivity index (χ4v) is 1.92. The van der Waals surface area contributed by atoms with Crippen molar-refractivity contribution in [3.05, 3.63) is 22.1 Å². The van der Waals surface area contributed by atoms with E-state index in [4.69, 9.17) is 0 Å². The topological polar surface area (TPSA) is 49.0 Å². The Morgan fingerprint density at radius 3 is 3.07 bits per heavy atom. The van der Waals surface area contributed by atoms with E-state index < -0.39 is 0 Å². The van der Waals surface area contributed by atoms with Gasteiger partial charge in [0.05, 0.1) is 11.9 Å². The van der Waals surface area contributed by atoms with Crippen LogP contribution in [0.2, 0.25) is 0 Å². The molecule has 0 amide bonds. The SMILES string of the molecule is Cc1c(N2CCC(C)C2)cn[nH]c1=O. The minimum atomic E-state index is -0.0814. The monoisotopic (exact) mass is 193 g/mol. The van der Waals surface area contributed by atoms with Crippen LogP contribution in [0.15, 0.2) is 11.0 Å². The van der Waals surface area contributed by atoms with Gasteiger partial charge in [-0.1, -0.05) is 6.92 Å². The van der Waals surface area contributed by atoms with Crippen LogP contribution < -0.4 is 10.5 Å². The number of anilines is 1. The van der Waals surface area contributed by atoms with E-state index in [0.29, 0.717) is 5.92 Å². The highest BCUT2D eigenvalue weighted by Crippen LogP contribution is 2.23. The van der Waals surface area contributed by atoms with Crippen LogP contribution in [0.1, 0.15) is 18.9 Å². The highest BCUT2D eigenvalue weighted by atomic mass is 16.1. The number of H-pyrrole nitrogens is 1. The Hall–Kier alpha value is -1.32. The standard InChI is InChI=1S/C10H15N3O/c1-7-3-4-13(6-7)9-5-11-12-10(14)8(9)2/h5,7H,3-4,6H2,1-2H3,(H,12,14). The number of rotatable bonds is 1. The van der Waals surface area contributed by atoms with Crippen LogP contribution in [0.3, 0.4) is 0 Å². The van der Waals surface area contributed by atoms with E-state index in [9.17, 15) is 4.79 Å². The molecule has 1 saturated heterocycles. The van der Waals surface area contributed by atoms with Crippen LogP contribution in [0.4, 0.5) is 5.69 Å². The molecule has 0 saturated carbocycles. The molecule has 1 aliphatic heterocycles. The molecule has 0 radical (unpaired) electrons. The van der Waals surface area contributed by atoms with Crippen molar-refractivity contribution in [1.82, 2.24) is 10.2 Å². The summed E-state index contributed by atoms with van der Waals surface area (Å²) in [5.41, 5.74) is 1.68.